The van der Waals surface area contributed by atoms with Crippen LogP contribution in [0.3, 0.4) is 0 Å². The summed E-state index contributed by atoms with van der Waals surface area (Å²) in [7, 11) is 0. The number of hydrogen-bond acceptors (Lipinski definition) is 8. The van der Waals surface area contributed by atoms with E-state index in [1.54, 1.807) is 12.1 Å². The first-order chi connectivity index (χ1) is 32.9. The number of aromatic nitrogens is 4. The van der Waals surface area contributed by atoms with E-state index in [1.807, 2.05) is 109 Å². The largest absolute Gasteiger partial charge is 0.479 e. The van der Waals surface area contributed by atoms with Gasteiger partial charge in [-0.3, -0.25) is 0 Å². The van der Waals surface area contributed by atoms with Crippen LogP contribution < -0.4 is 9.80 Å². The molecule has 69 heavy (non-hydrogen) atoms. The molecule has 7 aromatic rings. The molecule has 0 saturated carbocycles. The molecule has 8 aliphatic heterocycles. The Hall–Kier alpha value is -7.79. The van der Waals surface area contributed by atoms with E-state index in [1.165, 1.54) is 9.80 Å². The number of aliphatic carboxylic acids is 4. The molecule has 11 heterocycles. The van der Waals surface area contributed by atoms with E-state index in [-0.39, 0.29) is 12.4 Å². The number of nitrogens with one attached hydrogen (secondary N) is 2. The summed E-state index contributed by atoms with van der Waals surface area (Å²) in [4.78, 5) is 69.6. The van der Waals surface area contributed by atoms with Crippen LogP contribution in [0.5, 0.6) is 0 Å². The van der Waals surface area contributed by atoms with Gasteiger partial charge >= 0.3 is 23.9 Å². The number of rotatable bonds is 8. The Morgan fingerprint density at radius 2 is 0.739 bits per heavy atom. The molecule has 17 heteroatoms. The van der Waals surface area contributed by atoms with E-state index in [0.29, 0.717) is 67.5 Å². The smallest absolute Gasteiger partial charge is 0.331 e. The lowest BCUT2D eigenvalue weighted by Gasteiger charge is -2.35. The third-order valence-corrected chi connectivity index (χ3v) is 15.5. The summed E-state index contributed by atoms with van der Waals surface area (Å²) in [6, 6.07) is 26.7. The zero-order valence-electron chi connectivity index (χ0n) is 35.2. The van der Waals surface area contributed by atoms with Gasteiger partial charge in [-0.25, -0.2) is 29.1 Å². The van der Waals surface area contributed by atoms with Gasteiger partial charge in [-0.1, -0.05) is 60.7 Å². The maximum absolute atomic E-state index is 12.5. The van der Waals surface area contributed by atoms with Crippen molar-refractivity contribution in [2.45, 2.75) is 24.2 Å². The summed E-state index contributed by atoms with van der Waals surface area (Å²) in [5, 5.41) is 40.2. The predicted molar refractivity (Wildman–Crippen MR) is 270 cm³/mol. The van der Waals surface area contributed by atoms with E-state index < -0.39 is 48.0 Å². The molecule has 0 aliphatic carbocycles. The molecule has 0 radical (unpaired) electrons. The standard InChI is InChI=1S/C52H30Br2N6O8.ClH/c53-43-31-15-11-27(55-31)37(23-5-1-21(2-6-23)25-9-19-35-41-39(25)45(49(61)62)59(35)47(41)51(65)66)28-12-16-32(56-28)44(54)34-18-14-30(58-34)38(29-13-17-33(43)57-29)24-7-3-22(4-8-24)26-10-20-36-42-40(26)46(50(63)64)60(36)48(42)52(67)68;/h1-20,45-48,55,58H,(H,61,62)(H,63,64)(H,65,66)(H,67,68);1H. The highest BCUT2D eigenvalue weighted by Crippen LogP contribution is 2.62. The maximum Gasteiger partial charge on any atom is 0.331 e. The highest BCUT2D eigenvalue weighted by Gasteiger charge is 2.58. The minimum Gasteiger partial charge on any atom is -0.479 e. The molecule has 8 aliphatic rings. The zero-order valence-corrected chi connectivity index (χ0v) is 39.2. The topological polar surface area (TPSA) is 213 Å². The van der Waals surface area contributed by atoms with Crippen molar-refractivity contribution in [2.24, 2.45) is 0 Å². The fourth-order valence-electron chi connectivity index (χ4n) is 11.0. The van der Waals surface area contributed by atoms with Crippen molar-refractivity contribution in [3.05, 3.63) is 151 Å². The van der Waals surface area contributed by atoms with E-state index in [4.69, 9.17) is 9.97 Å². The van der Waals surface area contributed by atoms with Gasteiger partial charge in [-0.2, -0.15) is 0 Å². The fourth-order valence-corrected chi connectivity index (χ4v) is 11.9. The molecule has 4 aromatic carbocycles. The third kappa shape index (κ3) is 5.88. The molecule has 4 unspecified atom stereocenters. The Labute approximate surface area is 412 Å². The van der Waals surface area contributed by atoms with Crippen LogP contribution >= 0.6 is 44.3 Å². The quantitative estimate of drug-likeness (QED) is 0.0839. The predicted octanol–water partition coefficient (Wildman–Crippen LogP) is 11.4. The number of carboxylic acids is 4. The second-order valence-corrected chi connectivity index (χ2v) is 18.8. The number of H-pyrrole nitrogens is 2. The lowest BCUT2D eigenvalue weighted by molar-refractivity contribution is -0.142. The molecule has 0 saturated heterocycles. The number of aromatic amines is 2. The summed E-state index contributed by atoms with van der Waals surface area (Å²) in [6.07, 6.45) is 7.80. The number of carboxylic acid groups (broad SMARTS) is 4. The van der Waals surface area contributed by atoms with Crippen molar-refractivity contribution in [3.8, 4) is 44.5 Å². The molecule has 14 nitrogen and oxygen atoms in total. The Kier molecular flexibility index (Phi) is 9.32. The fraction of sp³-hybridized carbons (Fsp3) is 0.0769. The van der Waals surface area contributed by atoms with Crippen molar-refractivity contribution in [2.75, 3.05) is 9.80 Å². The number of halogens is 3. The van der Waals surface area contributed by atoms with Crippen LogP contribution in [0.2, 0.25) is 0 Å². The molecular formula is C52H31Br2ClN6O8. The summed E-state index contributed by atoms with van der Waals surface area (Å²) >= 11 is 7.69. The number of hydrogen-bond donors (Lipinski definition) is 6. The van der Waals surface area contributed by atoms with Gasteiger partial charge in [0.2, 0.25) is 0 Å². The lowest BCUT2D eigenvalue weighted by atomic mass is 9.89. The minimum absolute atomic E-state index is 0. The van der Waals surface area contributed by atoms with Gasteiger partial charge in [0.15, 0.2) is 24.2 Å². The molecule has 3 aromatic heterocycles. The van der Waals surface area contributed by atoms with Crippen LogP contribution in [0, 0.1) is 0 Å². The van der Waals surface area contributed by atoms with Gasteiger partial charge < -0.3 is 40.2 Å². The van der Waals surface area contributed by atoms with Crippen LogP contribution in [-0.4, -0.2) is 64.2 Å². The van der Waals surface area contributed by atoms with Crippen LogP contribution in [-0.2, 0) is 19.2 Å². The van der Waals surface area contributed by atoms with E-state index >= 15 is 0 Å². The number of fused-ring (bicyclic) bond motifs is 8. The van der Waals surface area contributed by atoms with Crippen molar-refractivity contribution in [1.29, 1.82) is 0 Å². The Morgan fingerprint density at radius 1 is 0.420 bits per heavy atom. The van der Waals surface area contributed by atoms with Gasteiger partial charge in [-0.05, 0) is 126 Å². The average molecular weight is 1060 g/mol. The molecule has 15 rings (SSSR count). The van der Waals surface area contributed by atoms with E-state index in [9.17, 15) is 39.6 Å². The molecule has 4 atom stereocenters. The Morgan fingerprint density at radius 3 is 1.10 bits per heavy atom. The number of nitrogens with zero attached hydrogens (tertiary/aromatic N) is 4. The second-order valence-electron chi connectivity index (χ2n) is 17.2. The molecule has 6 N–H and O–H groups in total. The highest BCUT2D eigenvalue weighted by molar-refractivity contribution is 9.11. The normalized spacial score (nSPS) is 18.2. The average Bonchev–Trinajstić information content (AvgIpc) is 4.18. The van der Waals surface area contributed by atoms with Crippen LogP contribution in [0.25, 0.3) is 90.9 Å². The minimum atomic E-state index is -1.10. The Bertz CT molecular complexity index is 3540. The summed E-state index contributed by atoms with van der Waals surface area (Å²) < 4.78 is 1.44. The van der Waals surface area contributed by atoms with E-state index in [0.717, 1.165) is 64.4 Å². The summed E-state index contributed by atoms with van der Waals surface area (Å²) in [5.41, 5.74) is 15.5. The molecule has 338 valence electrons. The van der Waals surface area contributed by atoms with Crippen molar-refractivity contribution in [3.63, 3.8) is 0 Å². The zero-order chi connectivity index (χ0) is 46.6. The van der Waals surface area contributed by atoms with Gasteiger partial charge in [0.1, 0.15) is 0 Å². The summed E-state index contributed by atoms with van der Waals surface area (Å²) in [5.74, 6) is -4.34. The molecule has 0 spiro atoms. The van der Waals surface area contributed by atoms with Gasteiger partial charge in [0, 0.05) is 55.8 Å². The number of anilines is 2. The molecule has 0 amide bonds. The molecular weight excluding hydrogens is 1030 g/mol. The third-order valence-electron chi connectivity index (χ3n) is 13.8. The highest BCUT2D eigenvalue weighted by atomic mass is 79.9. The van der Waals surface area contributed by atoms with Crippen LogP contribution in [0.15, 0.2) is 106 Å². The van der Waals surface area contributed by atoms with Gasteiger partial charge in [-0.15, -0.1) is 12.4 Å². The SMILES string of the molecule is Cl.O=C(O)C1c2c(-c3ccc(-c4c5nc(c(Br)c6ccc([nH]6)c(-c6ccc(-c7ccc8c9c7C(C(=O)O)N8C9C(=O)O)cc6)c6nc(c(Br)c7ccc4[nH]7)C=C6)C=C5)cc3)ccc3c2C(C(=O)O)N31. The van der Waals surface area contributed by atoms with Gasteiger partial charge in [0.25, 0.3) is 0 Å². The number of benzene rings is 4. The first-order valence-corrected chi connectivity index (χ1v) is 23.0. The lowest BCUT2D eigenvalue weighted by Crippen LogP contribution is -2.39. The van der Waals surface area contributed by atoms with Crippen molar-refractivity contribution in [1.82, 2.24) is 19.9 Å². The summed E-state index contributed by atoms with van der Waals surface area (Å²) in [6.45, 7) is 0. The van der Waals surface area contributed by atoms with Gasteiger partial charge in [0.05, 0.1) is 42.8 Å². The second kappa shape index (κ2) is 15.1. The number of carbonyl (C=O) groups is 4. The molecule has 0 fully saturated rings. The first-order valence-electron chi connectivity index (χ1n) is 21.4. The molecule has 16 bridgehead atoms. The monoisotopic (exact) mass is 1060 g/mol. The van der Waals surface area contributed by atoms with Crippen LogP contribution in [0.1, 0.15) is 69.2 Å². The maximum atomic E-state index is 12.5. The van der Waals surface area contributed by atoms with Crippen LogP contribution in [0.4, 0.5) is 11.4 Å². The van der Waals surface area contributed by atoms with Crippen molar-refractivity contribution >= 4 is 126 Å². The Balaban J connectivity index is 0.00000492. The van der Waals surface area contributed by atoms with E-state index in [2.05, 4.69) is 41.8 Å². The van der Waals surface area contributed by atoms with Crippen molar-refractivity contribution < 1.29 is 39.6 Å². The first kappa shape index (κ1) is 42.6.